The molecule has 156 valence electrons. The molecule has 0 aliphatic heterocycles. The van der Waals surface area contributed by atoms with E-state index in [-0.39, 0.29) is 17.4 Å². The van der Waals surface area contributed by atoms with Crippen molar-refractivity contribution in [2.75, 3.05) is 11.9 Å². The van der Waals surface area contributed by atoms with E-state index >= 15 is 0 Å². The van der Waals surface area contributed by atoms with Gasteiger partial charge in [-0.3, -0.25) is 14.4 Å². The maximum Gasteiger partial charge on any atom is 0.278 e. The average molecular weight is 419 g/mol. The molecule has 7 heteroatoms. The number of nitrogens with one attached hydrogen (secondary N) is 2. The van der Waals surface area contributed by atoms with E-state index in [9.17, 15) is 14.0 Å². The van der Waals surface area contributed by atoms with Crippen molar-refractivity contribution < 1.29 is 18.8 Å². The van der Waals surface area contributed by atoms with Crippen molar-refractivity contribution in [2.24, 2.45) is 5.92 Å². The van der Waals surface area contributed by atoms with E-state index in [1.165, 1.54) is 37.2 Å². The number of halogens is 1. The summed E-state index contributed by atoms with van der Waals surface area (Å²) in [6.07, 6.45) is 3.36. The minimum absolute atomic E-state index is 0.0595. The van der Waals surface area contributed by atoms with Crippen molar-refractivity contribution in [3.8, 4) is 0 Å². The van der Waals surface area contributed by atoms with Crippen molar-refractivity contribution in [1.29, 1.82) is 0 Å². The molecular weight excluding hydrogens is 391 g/mol. The maximum absolute atomic E-state index is 14.4. The first-order chi connectivity index (χ1) is 13.8. The Kier molecular flexibility index (Phi) is 6.70. The van der Waals surface area contributed by atoms with E-state index in [0.717, 1.165) is 12.0 Å². The molecule has 29 heavy (non-hydrogen) atoms. The van der Waals surface area contributed by atoms with Gasteiger partial charge < -0.3 is 5.32 Å². The fourth-order valence-corrected chi connectivity index (χ4v) is 4.47. The molecule has 1 heterocycles. The number of carbonyl (C=O) groups excluding carboxylic acids is 2. The third kappa shape index (κ3) is 5.22. The molecule has 0 spiro atoms. The van der Waals surface area contributed by atoms with Gasteiger partial charge in [-0.05, 0) is 55.4 Å². The summed E-state index contributed by atoms with van der Waals surface area (Å²) in [6, 6.07) is 4.83. The normalized spacial score (nSPS) is 13.6. The molecule has 1 aliphatic carbocycles. The number of hydrogen-bond donors (Lipinski definition) is 2. The van der Waals surface area contributed by atoms with Gasteiger partial charge in [0.2, 0.25) is 0 Å². The van der Waals surface area contributed by atoms with Crippen molar-refractivity contribution in [2.45, 2.75) is 52.9 Å². The van der Waals surface area contributed by atoms with Crippen LogP contribution in [0.4, 0.5) is 15.1 Å². The zero-order chi connectivity index (χ0) is 21.1. The van der Waals surface area contributed by atoms with Crippen LogP contribution in [0.25, 0.3) is 0 Å². The molecule has 0 saturated heterocycles. The van der Waals surface area contributed by atoms with Crippen molar-refractivity contribution in [1.82, 2.24) is 5.48 Å². The lowest BCUT2D eigenvalue weighted by atomic mass is 9.97. The Morgan fingerprint density at radius 3 is 2.62 bits per heavy atom. The van der Waals surface area contributed by atoms with Gasteiger partial charge in [-0.15, -0.1) is 11.3 Å². The van der Waals surface area contributed by atoms with Crippen LogP contribution in [-0.4, -0.2) is 18.3 Å². The van der Waals surface area contributed by atoms with Gasteiger partial charge in [-0.2, -0.15) is 0 Å². The van der Waals surface area contributed by atoms with Crippen LogP contribution in [0.2, 0.25) is 0 Å². The molecular formula is C22H27FN2O3S. The summed E-state index contributed by atoms with van der Waals surface area (Å²) < 4.78 is 14.4. The van der Waals surface area contributed by atoms with Gasteiger partial charge in [-0.1, -0.05) is 32.8 Å². The highest BCUT2D eigenvalue weighted by atomic mass is 32.1. The standard InChI is InChI=1S/C22H27FN2O3S/c1-12(2)18-19(21(27)25-28-10-9-15-6-7-15)22(29-20(18)14(4)26)24-17-8-5-13(3)11-16(17)23/h5,8,11-12,15,24H,6-7,9-10H2,1-4H3,(H,25,27). The topological polar surface area (TPSA) is 67.4 Å². The lowest BCUT2D eigenvalue weighted by Crippen LogP contribution is -2.26. The summed E-state index contributed by atoms with van der Waals surface area (Å²) in [5, 5.41) is 3.45. The molecule has 1 saturated carbocycles. The number of benzene rings is 1. The zero-order valence-electron chi connectivity index (χ0n) is 17.2. The van der Waals surface area contributed by atoms with E-state index in [2.05, 4.69) is 10.8 Å². The van der Waals surface area contributed by atoms with Gasteiger partial charge in [0.25, 0.3) is 5.91 Å². The van der Waals surface area contributed by atoms with Crippen LogP contribution in [0.3, 0.4) is 0 Å². The number of hydrogen-bond acceptors (Lipinski definition) is 5. The van der Waals surface area contributed by atoms with Crippen LogP contribution in [0.5, 0.6) is 0 Å². The second-order valence-electron chi connectivity index (χ2n) is 7.88. The molecule has 0 bridgehead atoms. The number of amides is 1. The number of aryl methyl sites for hydroxylation is 1. The van der Waals surface area contributed by atoms with Crippen molar-refractivity contribution in [3.05, 3.63) is 45.6 Å². The Morgan fingerprint density at radius 2 is 2.03 bits per heavy atom. The maximum atomic E-state index is 14.4. The van der Waals surface area contributed by atoms with Crippen molar-refractivity contribution >= 4 is 33.7 Å². The monoisotopic (exact) mass is 418 g/mol. The third-order valence-electron chi connectivity index (χ3n) is 4.93. The molecule has 0 atom stereocenters. The van der Waals surface area contributed by atoms with Crippen LogP contribution in [0, 0.1) is 18.7 Å². The Morgan fingerprint density at radius 1 is 1.31 bits per heavy atom. The molecule has 5 nitrogen and oxygen atoms in total. The van der Waals surface area contributed by atoms with E-state index in [1.54, 1.807) is 19.1 Å². The second kappa shape index (κ2) is 9.05. The fraction of sp³-hybridized carbons (Fsp3) is 0.455. The summed E-state index contributed by atoms with van der Waals surface area (Å²) in [5.74, 6) is -0.329. The summed E-state index contributed by atoms with van der Waals surface area (Å²) in [5.41, 5.74) is 4.55. The molecule has 1 fully saturated rings. The minimum Gasteiger partial charge on any atom is -0.344 e. The third-order valence-corrected chi connectivity index (χ3v) is 6.15. The molecule has 0 unspecified atom stereocenters. The summed E-state index contributed by atoms with van der Waals surface area (Å²) in [6.45, 7) is 7.58. The van der Waals surface area contributed by atoms with Gasteiger partial charge in [0.15, 0.2) is 5.78 Å². The van der Waals surface area contributed by atoms with Gasteiger partial charge >= 0.3 is 0 Å². The highest BCUT2D eigenvalue weighted by Gasteiger charge is 2.28. The number of thiophene rings is 1. The quantitative estimate of drug-likeness (QED) is 0.310. The predicted octanol–water partition coefficient (Wildman–Crippen LogP) is 5.73. The largest absolute Gasteiger partial charge is 0.344 e. The molecule has 1 aliphatic rings. The number of carbonyl (C=O) groups is 2. The van der Waals surface area contributed by atoms with Gasteiger partial charge in [-0.25, -0.2) is 9.87 Å². The number of hydroxylamine groups is 1. The highest BCUT2D eigenvalue weighted by molar-refractivity contribution is 7.18. The molecule has 1 amide bonds. The number of Topliss-reactive ketones (excluding diaryl/α,β-unsaturated/α-hetero) is 1. The van der Waals surface area contributed by atoms with Crippen LogP contribution in [0.1, 0.15) is 77.1 Å². The highest BCUT2D eigenvalue weighted by Crippen LogP contribution is 2.40. The zero-order valence-corrected chi connectivity index (χ0v) is 18.0. The molecule has 0 radical (unpaired) electrons. The Labute approximate surface area is 174 Å². The fourth-order valence-electron chi connectivity index (χ4n) is 3.21. The lowest BCUT2D eigenvalue weighted by Gasteiger charge is -2.13. The molecule has 2 N–H and O–H groups in total. The number of ketones is 1. The molecule has 3 rings (SSSR count). The minimum atomic E-state index is -0.428. The van der Waals surface area contributed by atoms with Gasteiger partial charge in [0.05, 0.1) is 22.7 Å². The first-order valence-corrected chi connectivity index (χ1v) is 10.7. The lowest BCUT2D eigenvalue weighted by molar-refractivity contribution is 0.0290. The summed E-state index contributed by atoms with van der Waals surface area (Å²) in [4.78, 5) is 31.0. The Balaban J connectivity index is 1.91. The number of rotatable bonds is 9. The Bertz CT molecular complexity index is 919. The van der Waals surface area contributed by atoms with Crippen LogP contribution in [0.15, 0.2) is 18.2 Å². The van der Waals surface area contributed by atoms with Crippen molar-refractivity contribution in [3.63, 3.8) is 0 Å². The van der Waals surface area contributed by atoms with Crippen LogP contribution >= 0.6 is 11.3 Å². The molecule has 1 aromatic heterocycles. The van der Waals surface area contributed by atoms with Gasteiger partial charge in [0.1, 0.15) is 10.8 Å². The predicted molar refractivity (Wildman–Crippen MR) is 114 cm³/mol. The van der Waals surface area contributed by atoms with Crippen LogP contribution in [-0.2, 0) is 4.84 Å². The second-order valence-corrected chi connectivity index (χ2v) is 8.90. The molecule has 1 aromatic carbocycles. The average Bonchev–Trinajstić information content (AvgIpc) is 3.39. The summed E-state index contributed by atoms with van der Waals surface area (Å²) in [7, 11) is 0. The van der Waals surface area contributed by atoms with E-state index < -0.39 is 11.7 Å². The Hall–Kier alpha value is -2.25. The van der Waals surface area contributed by atoms with Gasteiger partial charge in [0, 0.05) is 0 Å². The first-order valence-electron chi connectivity index (χ1n) is 9.90. The van der Waals surface area contributed by atoms with Crippen LogP contribution < -0.4 is 10.8 Å². The van der Waals surface area contributed by atoms with E-state index in [4.69, 9.17) is 4.84 Å². The van der Waals surface area contributed by atoms with E-state index in [0.29, 0.717) is 33.5 Å². The smallest absolute Gasteiger partial charge is 0.278 e. The summed E-state index contributed by atoms with van der Waals surface area (Å²) >= 11 is 1.17. The first kappa shape index (κ1) is 21.5. The number of anilines is 2. The molecule has 2 aromatic rings. The van der Waals surface area contributed by atoms with E-state index in [1.807, 2.05) is 13.8 Å². The SMILES string of the molecule is CC(=O)c1sc(Nc2ccc(C)cc2F)c(C(=O)NOCCC2CC2)c1C(C)C.